The average molecular weight is 497 g/mol. The number of benzene rings is 2. The third-order valence-corrected chi connectivity index (χ3v) is 6.86. The van der Waals surface area contributed by atoms with Gasteiger partial charge in [0, 0.05) is 46.4 Å². The Hall–Kier alpha value is -2.72. The molecule has 2 aromatic carbocycles. The summed E-state index contributed by atoms with van der Waals surface area (Å²) in [6, 6.07) is 17.7. The molecular formula is C26H32N4O4S. The van der Waals surface area contributed by atoms with Crippen LogP contribution in [0, 0.1) is 0 Å². The molecule has 1 unspecified atom stereocenters. The van der Waals surface area contributed by atoms with Crippen molar-refractivity contribution in [1.29, 1.82) is 0 Å². The van der Waals surface area contributed by atoms with Gasteiger partial charge in [-0.2, -0.15) is 0 Å². The first-order valence-electron chi connectivity index (χ1n) is 11.9. The van der Waals surface area contributed by atoms with Gasteiger partial charge in [-0.1, -0.05) is 54.2 Å². The number of nitrogens with one attached hydrogen (secondary N) is 1. The normalized spacial score (nSPS) is 16.4. The molecule has 1 amide bonds. The van der Waals surface area contributed by atoms with Gasteiger partial charge in [0.1, 0.15) is 0 Å². The summed E-state index contributed by atoms with van der Waals surface area (Å²) in [5.74, 6) is 0.0693. The van der Waals surface area contributed by atoms with Crippen LogP contribution in [-0.2, 0) is 27.4 Å². The van der Waals surface area contributed by atoms with Gasteiger partial charge in [-0.3, -0.25) is 19.1 Å². The first-order valence-corrected chi connectivity index (χ1v) is 12.9. The Balaban J connectivity index is 1.32. The number of para-hydroxylation sites is 1. The summed E-state index contributed by atoms with van der Waals surface area (Å²) >= 11 is 1.28. The molecule has 1 saturated heterocycles. The number of carbonyl (C=O) groups is 1. The molecule has 0 spiro atoms. The number of thioether (sulfide) groups is 1. The highest BCUT2D eigenvalue weighted by molar-refractivity contribution is 7.99. The maximum atomic E-state index is 13.0. The molecule has 2 heterocycles. The summed E-state index contributed by atoms with van der Waals surface area (Å²) in [7, 11) is 1.64. The van der Waals surface area contributed by atoms with Crippen LogP contribution < -0.4 is 10.9 Å². The smallest absolute Gasteiger partial charge is 0.262 e. The third-order valence-electron chi connectivity index (χ3n) is 5.89. The van der Waals surface area contributed by atoms with E-state index in [0.717, 1.165) is 19.6 Å². The summed E-state index contributed by atoms with van der Waals surface area (Å²) in [5.41, 5.74) is 1.81. The molecule has 186 valence electrons. The summed E-state index contributed by atoms with van der Waals surface area (Å²) in [6.07, 6.45) is 0.640. The van der Waals surface area contributed by atoms with Gasteiger partial charge < -0.3 is 14.8 Å². The molecule has 1 N–H and O–H groups in total. The van der Waals surface area contributed by atoms with Gasteiger partial charge >= 0.3 is 0 Å². The summed E-state index contributed by atoms with van der Waals surface area (Å²) in [4.78, 5) is 32.7. The molecule has 0 radical (unpaired) electrons. The molecule has 8 nitrogen and oxygen atoms in total. The van der Waals surface area contributed by atoms with E-state index in [1.807, 2.05) is 36.4 Å². The van der Waals surface area contributed by atoms with Crippen LogP contribution in [0.1, 0.15) is 12.0 Å². The van der Waals surface area contributed by atoms with Crippen molar-refractivity contribution >= 4 is 28.6 Å². The van der Waals surface area contributed by atoms with Crippen molar-refractivity contribution in [3.8, 4) is 0 Å². The van der Waals surface area contributed by atoms with Crippen molar-refractivity contribution in [1.82, 2.24) is 19.8 Å². The van der Waals surface area contributed by atoms with E-state index in [-0.39, 0.29) is 23.3 Å². The van der Waals surface area contributed by atoms with Gasteiger partial charge in [-0.15, -0.1) is 0 Å². The van der Waals surface area contributed by atoms with Gasteiger partial charge in [0.15, 0.2) is 5.16 Å². The largest absolute Gasteiger partial charge is 0.385 e. The van der Waals surface area contributed by atoms with Crippen molar-refractivity contribution in [2.45, 2.75) is 30.8 Å². The highest BCUT2D eigenvalue weighted by Gasteiger charge is 2.21. The molecular weight excluding hydrogens is 464 g/mol. The monoisotopic (exact) mass is 496 g/mol. The van der Waals surface area contributed by atoms with Gasteiger partial charge in [-0.25, -0.2) is 4.98 Å². The fourth-order valence-corrected chi connectivity index (χ4v) is 4.98. The Morgan fingerprint density at radius 3 is 2.83 bits per heavy atom. The number of aromatic nitrogens is 2. The van der Waals surface area contributed by atoms with Gasteiger partial charge in [0.05, 0.1) is 29.4 Å². The van der Waals surface area contributed by atoms with Crippen LogP contribution in [-0.4, -0.2) is 72.2 Å². The number of hydrogen-bond donors (Lipinski definition) is 1. The number of ether oxygens (including phenoxy) is 2. The number of carbonyl (C=O) groups excluding carboxylic acids is 1. The minimum atomic E-state index is -0.107. The highest BCUT2D eigenvalue weighted by atomic mass is 32.2. The van der Waals surface area contributed by atoms with Crippen LogP contribution in [0.4, 0.5) is 0 Å². The van der Waals surface area contributed by atoms with E-state index in [4.69, 9.17) is 9.47 Å². The van der Waals surface area contributed by atoms with E-state index in [1.54, 1.807) is 17.7 Å². The van der Waals surface area contributed by atoms with Crippen molar-refractivity contribution in [3.05, 3.63) is 70.5 Å². The molecule has 4 rings (SSSR count). The molecule has 1 fully saturated rings. The topological polar surface area (TPSA) is 85.7 Å². The van der Waals surface area contributed by atoms with Crippen LogP contribution in [0.25, 0.3) is 10.9 Å². The SMILES string of the molecule is COCCCn1c(SCC(=O)NCC2CN(Cc3ccccc3)CCO2)nc2ccccc2c1=O. The molecule has 9 heteroatoms. The highest BCUT2D eigenvalue weighted by Crippen LogP contribution is 2.18. The molecule has 1 aliphatic rings. The lowest BCUT2D eigenvalue weighted by Crippen LogP contribution is -2.47. The van der Waals surface area contributed by atoms with Gasteiger partial charge in [-0.05, 0) is 24.1 Å². The van der Waals surface area contributed by atoms with E-state index in [1.165, 1.54) is 17.3 Å². The molecule has 35 heavy (non-hydrogen) atoms. The van der Waals surface area contributed by atoms with E-state index < -0.39 is 0 Å². The van der Waals surface area contributed by atoms with Crippen LogP contribution in [0.2, 0.25) is 0 Å². The van der Waals surface area contributed by atoms with Crippen LogP contribution in [0.3, 0.4) is 0 Å². The predicted molar refractivity (Wildman–Crippen MR) is 138 cm³/mol. The predicted octanol–water partition coefficient (Wildman–Crippen LogP) is 2.54. The number of hydrogen-bond acceptors (Lipinski definition) is 7. The van der Waals surface area contributed by atoms with Crippen molar-refractivity contribution < 1.29 is 14.3 Å². The van der Waals surface area contributed by atoms with Crippen LogP contribution in [0.5, 0.6) is 0 Å². The summed E-state index contributed by atoms with van der Waals surface area (Å²) < 4.78 is 12.6. The first-order chi connectivity index (χ1) is 17.1. The zero-order valence-corrected chi connectivity index (χ0v) is 20.8. The molecule has 3 aromatic rings. The Morgan fingerprint density at radius 2 is 2.00 bits per heavy atom. The fourth-order valence-electron chi connectivity index (χ4n) is 4.12. The number of nitrogens with zero attached hydrogens (tertiary/aromatic N) is 3. The zero-order valence-electron chi connectivity index (χ0n) is 20.0. The van der Waals surface area contributed by atoms with Crippen molar-refractivity contribution in [3.63, 3.8) is 0 Å². The summed E-state index contributed by atoms with van der Waals surface area (Å²) in [5, 5.41) is 4.11. The second-order valence-corrected chi connectivity index (χ2v) is 9.46. The standard InChI is InChI=1S/C26H32N4O4S/c1-33-14-7-12-30-25(32)22-10-5-6-11-23(22)28-26(30)35-19-24(31)27-16-21-18-29(13-15-34-21)17-20-8-3-2-4-9-20/h2-6,8-11,21H,7,12-19H2,1H3,(H,27,31). The fraction of sp³-hybridized carbons (Fsp3) is 0.423. The first kappa shape index (κ1) is 25.4. The molecule has 0 aliphatic carbocycles. The lowest BCUT2D eigenvalue weighted by Gasteiger charge is -2.33. The Morgan fingerprint density at radius 1 is 1.20 bits per heavy atom. The van der Waals surface area contributed by atoms with E-state index in [2.05, 4.69) is 27.3 Å². The number of methoxy groups -OCH3 is 1. The maximum absolute atomic E-state index is 13.0. The minimum Gasteiger partial charge on any atom is -0.385 e. The maximum Gasteiger partial charge on any atom is 0.262 e. The molecule has 1 aliphatic heterocycles. The average Bonchev–Trinajstić information content (AvgIpc) is 2.88. The van der Waals surface area contributed by atoms with E-state index in [0.29, 0.717) is 48.8 Å². The Labute approximate surface area is 209 Å². The lowest BCUT2D eigenvalue weighted by atomic mass is 10.2. The number of rotatable bonds is 11. The molecule has 1 aromatic heterocycles. The number of morpholine rings is 1. The second kappa shape index (κ2) is 12.8. The van der Waals surface area contributed by atoms with Gasteiger partial charge in [0.2, 0.25) is 5.91 Å². The quantitative estimate of drug-likeness (QED) is 0.248. The lowest BCUT2D eigenvalue weighted by molar-refractivity contribution is -0.119. The van der Waals surface area contributed by atoms with Gasteiger partial charge in [0.25, 0.3) is 5.56 Å². The van der Waals surface area contributed by atoms with Crippen molar-refractivity contribution in [2.24, 2.45) is 0 Å². The van der Waals surface area contributed by atoms with E-state index >= 15 is 0 Å². The number of fused-ring (bicyclic) bond motifs is 1. The Bertz CT molecular complexity index is 1170. The van der Waals surface area contributed by atoms with E-state index in [9.17, 15) is 9.59 Å². The van der Waals surface area contributed by atoms with Crippen LogP contribution in [0.15, 0.2) is 64.5 Å². The molecule has 1 atom stereocenters. The molecule has 0 bridgehead atoms. The third kappa shape index (κ3) is 7.14. The number of amides is 1. The Kier molecular flexibility index (Phi) is 9.30. The summed E-state index contributed by atoms with van der Waals surface area (Å²) in [6.45, 7) is 4.66. The minimum absolute atomic E-state index is 0.0487. The van der Waals surface area contributed by atoms with Crippen molar-refractivity contribution in [2.75, 3.05) is 45.7 Å². The molecule has 0 saturated carbocycles. The zero-order chi connectivity index (χ0) is 24.5. The second-order valence-electron chi connectivity index (χ2n) is 8.52. The van der Waals surface area contributed by atoms with Crippen LogP contribution >= 0.6 is 11.8 Å².